The number of carbonyl (C=O) groups excluding carboxylic acids is 1. The van der Waals surface area contributed by atoms with Gasteiger partial charge in [-0.25, -0.2) is 13.6 Å². The molecule has 0 aliphatic rings. The van der Waals surface area contributed by atoms with Crippen LogP contribution in [0.15, 0.2) is 53.8 Å². The maximum Gasteiger partial charge on any atom is 0.252 e. The number of hydrogen-bond acceptors (Lipinski definition) is 6. The van der Waals surface area contributed by atoms with Crippen molar-refractivity contribution in [1.29, 1.82) is 5.26 Å². The van der Waals surface area contributed by atoms with Crippen LogP contribution in [0.2, 0.25) is 5.02 Å². The highest BCUT2D eigenvalue weighted by molar-refractivity contribution is 7.89. The van der Waals surface area contributed by atoms with Gasteiger partial charge in [0.15, 0.2) is 4.33 Å². The number of aliphatic imine (C=N–C) groups is 1. The summed E-state index contributed by atoms with van der Waals surface area (Å²) in [7, 11) is -3.89. The molecule has 0 aliphatic carbocycles. The Labute approximate surface area is 199 Å². The average Bonchev–Trinajstić information content (AvgIpc) is 2.73. The SMILES string of the molecule is N#C/N=C(\Nc1cccnc1)NC(NC(=O)c1ccc(Cl)cc1)C(Cl)(Cl)CCS(N)(=O)=O. The predicted octanol–water partition coefficient (Wildman–Crippen LogP) is 2.18. The molecule has 2 rings (SSSR count). The lowest BCUT2D eigenvalue weighted by Gasteiger charge is -2.32. The summed E-state index contributed by atoms with van der Waals surface area (Å²) in [4.78, 5) is 20.3. The number of hydrogen-bond donors (Lipinski definition) is 4. The van der Waals surface area contributed by atoms with E-state index in [0.717, 1.165) is 0 Å². The lowest BCUT2D eigenvalue weighted by molar-refractivity contribution is 0.0929. The Morgan fingerprint density at radius 2 is 1.94 bits per heavy atom. The quantitative estimate of drug-likeness (QED) is 0.137. The number of sulfonamides is 1. The first-order valence-electron chi connectivity index (χ1n) is 8.85. The first-order chi connectivity index (χ1) is 15.0. The molecule has 5 N–H and O–H groups in total. The second kappa shape index (κ2) is 11.3. The molecule has 2 aromatic rings. The van der Waals surface area contributed by atoms with Crippen LogP contribution >= 0.6 is 34.8 Å². The van der Waals surface area contributed by atoms with Crippen molar-refractivity contribution in [3.8, 4) is 6.19 Å². The van der Waals surface area contributed by atoms with Gasteiger partial charge >= 0.3 is 0 Å². The van der Waals surface area contributed by atoms with Crippen LogP contribution in [0, 0.1) is 11.5 Å². The summed E-state index contributed by atoms with van der Waals surface area (Å²) in [5.74, 6) is -1.28. The largest absolute Gasteiger partial charge is 0.332 e. The van der Waals surface area contributed by atoms with E-state index in [1.807, 2.05) is 0 Å². The molecule has 32 heavy (non-hydrogen) atoms. The minimum Gasteiger partial charge on any atom is -0.332 e. The molecule has 1 amide bonds. The minimum absolute atomic E-state index is 0.122. The van der Waals surface area contributed by atoms with Gasteiger partial charge in [-0.1, -0.05) is 34.8 Å². The highest BCUT2D eigenvalue weighted by atomic mass is 35.5. The number of nitrogens with two attached hydrogens (primary N) is 1. The van der Waals surface area contributed by atoms with Crippen LogP contribution in [0.5, 0.6) is 0 Å². The van der Waals surface area contributed by atoms with Crippen molar-refractivity contribution in [3.63, 3.8) is 0 Å². The molecule has 0 saturated heterocycles. The molecule has 1 aromatic heterocycles. The Hall–Kier alpha value is -2.62. The second-order valence-corrected chi connectivity index (χ2v) is 10.1. The molecular formula is C18H18Cl3N7O3S. The minimum atomic E-state index is -3.89. The van der Waals surface area contributed by atoms with Gasteiger partial charge in [-0.2, -0.15) is 5.26 Å². The lowest BCUT2D eigenvalue weighted by atomic mass is 10.2. The Balaban J connectivity index is 2.30. The number of aromatic nitrogens is 1. The van der Waals surface area contributed by atoms with Gasteiger partial charge in [0, 0.05) is 16.8 Å². The molecule has 170 valence electrons. The highest BCUT2D eigenvalue weighted by Gasteiger charge is 2.38. The molecule has 0 fully saturated rings. The first kappa shape index (κ1) is 25.6. The number of amides is 1. The van der Waals surface area contributed by atoms with E-state index in [-0.39, 0.29) is 17.9 Å². The maximum atomic E-state index is 12.7. The molecule has 1 atom stereocenters. The molecule has 10 nitrogen and oxygen atoms in total. The van der Waals surface area contributed by atoms with Crippen molar-refractivity contribution in [2.75, 3.05) is 11.1 Å². The zero-order valence-electron chi connectivity index (χ0n) is 16.3. The number of benzene rings is 1. The number of nitrogens with zero attached hydrogens (tertiary/aromatic N) is 3. The molecule has 1 unspecified atom stereocenters. The number of pyridine rings is 1. The van der Waals surface area contributed by atoms with Gasteiger partial charge in [0.25, 0.3) is 5.91 Å². The fourth-order valence-corrected chi connectivity index (χ4v) is 3.71. The molecule has 0 aliphatic heterocycles. The number of nitrogens with one attached hydrogen (secondary N) is 3. The number of guanidine groups is 1. The van der Waals surface area contributed by atoms with E-state index in [1.54, 1.807) is 24.5 Å². The number of primary sulfonamides is 1. The van der Waals surface area contributed by atoms with E-state index < -0.39 is 32.2 Å². The topological polar surface area (TPSA) is 162 Å². The Morgan fingerprint density at radius 3 is 2.50 bits per heavy atom. The number of alkyl halides is 2. The number of carbonyl (C=O) groups is 1. The molecular weight excluding hydrogens is 501 g/mol. The van der Waals surface area contributed by atoms with Crippen LogP contribution in [-0.2, 0) is 10.0 Å². The fourth-order valence-electron chi connectivity index (χ4n) is 2.34. The van der Waals surface area contributed by atoms with Crippen LogP contribution in [0.4, 0.5) is 5.69 Å². The standard InChI is InChI=1S/C18H18Cl3N7O3S/c19-13-5-3-12(4-6-13)15(29)27-16(18(20,21)7-9-32(23,30)31)28-17(25-11-22)26-14-2-1-8-24-10-14/h1-6,8,10,16H,7,9H2,(H,27,29)(H2,23,30,31)(H2,25,26,28). The zero-order chi connectivity index (χ0) is 23.8. The summed E-state index contributed by atoms with van der Waals surface area (Å²) in [6, 6.07) is 9.27. The van der Waals surface area contributed by atoms with Crippen LogP contribution in [0.25, 0.3) is 0 Å². The summed E-state index contributed by atoms with van der Waals surface area (Å²) in [5.41, 5.74) is 0.701. The number of rotatable bonds is 8. The molecule has 0 spiro atoms. The van der Waals surface area contributed by atoms with Gasteiger partial charge in [0.2, 0.25) is 22.2 Å². The molecule has 0 radical (unpaired) electrons. The Bertz CT molecular complexity index is 1100. The van der Waals surface area contributed by atoms with Crippen LogP contribution < -0.4 is 21.1 Å². The fraction of sp³-hybridized carbons (Fsp3) is 0.222. The van der Waals surface area contributed by atoms with E-state index in [2.05, 4.69) is 25.9 Å². The third-order valence-electron chi connectivity index (χ3n) is 3.89. The van der Waals surface area contributed by atoms with Crippen molar-refractivity contribution in [2.45, 2.75) is 16.9 Å². The van der Waals surface area contributed by atoms with Gasteiger partial charge in [-0.15, -0.1) is 4.99 Å². The maximum absolute atomic E-state index is 12.7. The van der Waals surface area contributed by atoms with E-state index in [9.17, 15) is 13.2 Å². The third kappa shape index (κ3) is 8.49. The van der Waals surface area contributed by atoms with Gasteiger partial charge in [0.1, 0.15) is 6.17 Å². The van der Waals surface area contributed by atoms with Crippen molar-refractivity contribution in [3.05, 3.63) is 59.4 Å². The number of anilines is 1. The summed E-state index contributed by atoms with van der Waals surface area (Å²) in [6.45, 7) is 0. The lowest BCUT2D eigenvalue weighted by Crippen LogP contribution is -2.58. The van der Waals surface area contributed by atoms with Crippen LogP contribution in [0.1, 0.15) is 16.8 Å². The molecule has 0 bridgehead atoms. The first-order valence-corrected chi connectivity index (χ1v) is 11.7. The van der Waals surface area contributed by atoms with E-state index >= 15 is 0 Å². The second-order valence-electron chi connectivity index (χ2n) is 6.36. The molecule has 14 heteroatoms. The van der Waals surface area contributed by atoms with Crippen LogP contribution in [0.3, 0.4) is 0 Å². The Morgan fingerprint density at radius 1 is 1.25 bits per heavy atom. The van der Waals surface area contributed by atoms with Crippen molar-refractivity contribution < 1.29 is 13.2 Å². The van der Waals surface area contributed by atoms with Gasteiger partial charge in [-0.3, -0.25) is 9.78 Å². The van der Waals surface area contributed by atoms with E-state index in [1.165, 1.54) is 30.5 Å². The van der Waals surface area contributed by atoms with E-state index in [4.69, 9.17) is 45.2 Å². The molecule has 0 saturated carbocycles. The number of nitriles is 1. The Kier molecular flexibility index (Phi) is 9.06. The van der Waals surface area contributed by atoms with E-state index in [0.29, 0.717) is 10.7 Å². The van der Waals surface area contributed by atoms with Crippen molar-refractivity contribution >= 4 is 62.4 Å². The van der Waals surface area contributed by atoms with Crippen molar-refractivity contribution in [2.24, 2.45) is 10.1 Å². The monoisotopic (exact) mass is 517 g/mol. The molecule has 1 heterocycles. The number of halogens is 3. The smallest absolute Gasteiger partial charge is 0.252 e. The summed E-state index contributed by atoms with van der Waals surface area (Å²) in [6.07, 6.45) is 2.97. The normalized spacial score (nSPS) is 13.0. The summed E-state index contributed by atoms with van der Waals surface area (Å²) >= 11 is 18.6. The van der Waals surface area contributed by atoms with Gasteiger partial charge < -0.3 is 16.0 Å². The summed E-state index contributed by atoms with van der Waals surface area (Å²) < 4.78 is 20.9. The zero-order valence-corrected chi connectivity index (χ0v) is 19.4. The van der Waals surface area contributed by atoms with Crippen molar-refractivity contribution in [1.82, 2.24) is 15.6 Å². The summed E-state index contributed by atoms with van der Waals surface area (Å²) in [5, 5.41) is 22.6. The van der Waals surface area contributed by atoms with Crippen LogP contribution in [-0.4, -0.2) is 41.5 Å². The average molecular weight is 519 g/mol. The molecule has 1 aromatic carbocycles. The predicted molar refractivity (Wildman–Crippen MR) is 124 cm³/mol. The third-order valence-corrected chi connectivity index (χ3v) is 5.73. The van der Waals surface area contributed by atoms with Gasteiger partial charge in [0.05, 0.1) is 17.6 Å². The van der Waals surface area contributed by atoms with Gasteiger partial charge in [-0.05, 0) is 42.8 Å². The highest BCUT2D eigenvalue weighted by Crippen LogP contribution is 2.29.